The predicted molar refractivity (Wildman–Crippen MR) is 112 cm³/mol. The first-order valence-corrected chi connectivity index (χ1v) is 10.4. The monoisotopic (exact) mass is 416 g/mol. The molecule has 2 rings (SSSR count). The molecule has 2 aromatic carbocycles. The van der Waals surface area contributed by atoms with Crippen molar-refractivity contribution >= 4 is 39.2 Å². The first-order chi connectivity index (χ1) is 13.4. The topological polar surface area (TPSA) is 116 Å². The average molecular weight is 416 g/mol. The van der Waals surface area contributed by atoms with Crippen molar-refractivity contribution in [3.8, 4) is 0 Å². The fourth-order valence-electron chi connectivity index (χ4n) is 2.16. The zero-order valence-corrected chi connectivity index (χ0v) is 17.3. The summed E-state index contributed by atoms with van der Waals surface area (Å²) < 4.78 is 27.8. The van der Waals surface area contributed by atoms with Crippen molar-refractivity contribution in [2.45, 2.75) is 25.7 Å². The van der Waals surface area contributed by atoms with Gasteiger partial charge in [-0.05, 0) is 42.0 Å². The molecule has 8 heteroatoms. The number of esters is 1. The third kappa shape index (κ3) is 7.17. The third-order valence-electron chi connectivity index (χ3n) is 3.96. The minimum atomic E-state index is -3.77. The number of carbonyl (C=O) groups excluding carboxylic acids is 2. The minimum Gasteiger partial charge on any atom is -0.455 e. The second-order valence-corrected chi connectivity index (χ2v) is 9.00. The van der Waals surface area contributed by atoms with Crippen LogP contribution >= 0.6 is 0 Å². The van der Waals surface area contributed by atoms with E-state index < -0.39 is 21.4 Å². The zero-order valence-electron chi connectivity index (χ0n) is 16.5. The van der Waals surface area contributed by atoms with Crippen LogP contribution in [0.4, 0.5) is 11.4 Å². The number of benzene rings is 2. The highest BCUT2D eigenvalue weighted by atomic mass is 32.2. The molecule has 0 aliphatic carbocycles. The molecular weight excluding hydrogens is 392 g/mol. The summed E-state index contributed by atoms with van der Waals surface area (Å²) in [5.41, 5.74) is 1.51. The van der Waals surface area contributed by atoms with Crippen LogP contribution in [0.5, 0.6) is 0 Å². The van der Waals surface area contributed by atoms with Gasteiger partial charge in [-0.1, -0.05) is 39.0 Å². The average Bonchev–Trinajstić information content (AvgIpc) is 2.64. The Labute approximate surface area is 170 Å². The largest absolute Gasteiger partial charge is 0.455 e. The van der Waals surface area contributed by atoms with E-state index in [-0.39, 0.29) is 17.3 Å². The second-order valence-electron chi connectivity index (χ2n) is 7.43. The van der Waals surface area contributed by atoms with Gasteiger partial charge in [-0.25, -0.2) is 18.4 Å². The van der Waals surface area contributed by atoms with Crippen LogP contribution in [0.2, 0.25) is 0 Å². The van der Waals surface area contributed by atoms with Crippen molar-refractivity contribution in [3.05, 3.63) is 60.2 Å². The maximum Gasteiger partial charge on any atom is 0.331 e. The third-order valence-corrected chi connectivity index (χ3v) is 4.87. The van der Waals surface area contributed by atoms with Crippen LogP contribution in [0, 0.1) is 5.41 Å². The molecule has 0 atom stereocenters. The lowest BCUT2D eigenvalue weighted by Crippen LogP contribution is -2.25. The molecule has 0 saturated heterocycles. The van der Waals surface area contributed by atoms with Gasteiger partial charge in [0.05, 0.1) is 4.90 Å². The van der Waals surface area contributed by atoms with Gasteiger partial charge in [0, 0.05) is 22.9 Å². The van der Waals surface area contributed by atoms with E-state index >= 15 is 0 Å². The van der Waals surface area contributed by atoms with E-state index in [0.29, 0.717) is 5.69 Å². The predicted octanol–water partition coefficient (Wildman–Crippen LogP) is 3.25. The van der Waals surface area contributed by atoms with Gasteiger partial charge < -0.3 is 10.1 Å². The van der Waals surface area contributed by atoms with Crippen LogP contribution in [0.3, 0.4) is 0 Å². The van der Waals surface area contributed by atoms with E-state index in [1.165, 1.54) is 18.2 Å². The molecule has 0 saturated carbocycles. The highest BCUT2D eigenvalue weighted by Gasteiger charge is 2.21. The van der Waals surface area contributed by atoms with Crippen molar-refractivity contribution in [3.63, 3.8) is 0 Å². The molecular formula is C21H24N2O5S. The van der Waals surface area contributed by atoms with Gasteiger partial charge >= 0.3 is 5.97 Å². The number of carbonyl (C=O) groups is 2. The Kier molecular flexibility index (Phi) is 6.94. The fraction of sp³-hybridized carbons (Fsp3) is 0.238. The number of nitrogens with two attached hydrogens (primary N) is 1. The molecule has 0 aliphatic heterocycles. The summed E-state index contributed by atoms with van der Waals surface area (Å²) in [6.45, 7) is 5.03. The van der Waals surface area contributed by atoms with E-state index in [0.717, 1.165) is 11.3 Å². The van der Waals surface area contributed by atoms with Crippen molar-refractivity contribution in [2.75, 3.05) is 11.9 Å². The molecule has 2 aromatic rings. The molecule has 3 N–H and O–H groups in total. The molecule has 0 amide bonds. The fourth-order valence-corrected chi connectivity index (χ4v) is 2.72. The van der Waals surface area contributed by atoms with Gasteiger partial charge in [-0.3, -0.25) is 4.79 Å². The smallest absolute Gasteiger partial charge is 0.331 e. The Balaban J connectivity index is 1.96. The molecule has 0 aromatic heterocycles. The van der Waals surface area contributed by atoms with Crippen molar-refractivity contribution < 1.29 is 22.7 Å². The normalized spacial score (nSPS) is 12.0. The van der Waals surface area contributed by atoms with Crippen molar-refractivity contribution in [1.82, 2.24) is 0 Å². The van der Waals surface area contributed by atoms with E-state index in [2.05, 4.69) is 5.32 Å². The van der Waals surface area contributed by atoms with E-state index in [9.17, 15) is 18.0 Å². The molecule has 0 bridgehead atoms. The number of hydrogen-bond acceptors (Lipinski definition) is 6. The van der Waals surface area contributed by atoms with Gasteiger partial charge in [-0.15, -0.1) is 0 Å². The number of Topliss-reactive ketones (excluding diaryl/α,β-unsaturated/α-hetero) is 1. The summed E-state index contributed by atoms with van der Waals surface area (Å²) in [7, 11) is -3.77. The highest BCUT2D eigenvalue weighted by molar-refractivity contribution is 7.89. The Morgan fingerprint density at radius 3 is 2.31 bits per heavy atom. The van der Waals surface area contributed by atoms with Gasteiger partial charge in [0.15, 0.2) is 12.4 Å². The summed E-state index contributed by atoms with van der Waals surface area (Å²) in [6, 6.07) is 13.3. The summed E-state index contributed by atoms with van der Waals surface area (Å²) in [5.74, 6) is -0.745. The van der Waals surface area contributed by atoms with E-state index in [1.807, 2.05) is 0 Å². The Morgan fingerprint density at radius 1 is 1.07 bits per heavy atom. The van der Waals surface area contributed by atoms with Crippen LogP contribution in [0.15, 0.2) is 59.5 Å². The SMILES string of the molecule is CC(C)(C)C(=O)COC(=O)/C=C/c1ccc(Nc2cccc(S(N)(=O)=O)c2)cc1. The first kappa shape index (κ1) is 22.3. The molecule has 0 fully saturated rings. The van der Waals surface area contributed by atoms with Crippen LogP contribution in [-0.2, 0) is 24.3 Å². The van der Waals surface area contributed by atoms with Gasteiger partial charge in [0.2, 0.25) is 10.0 Å². The zero-order chi connectivity index (χ0) is 21.7. The highest BCUT2D eigenvalue weighted by Crippen LogP contribution is 2.20. The van der Waals surface area contributed by atoms with Crippen LogP contribution < -0.4 is 10.5 Å². The Hall–Kier alpha value is -2.97. The lowest BCUT2D eigenvalue weighted by atomic mass is 9.91. The molecule has 29 heavy (non-hydrogen) atoms. The maximum absolute atomic E-state index is 11.8. The van der Waals surface area contributed by atoms with E-state index in [4.69, 9.17) is 9.88 Å². The van der Waals surface area contributed by atoms with E-state index in [1.54, 1.807) is 63.2 Å². The second kappa shape index (κ2) is 9.02. The maximum atomic E-state index is 11.8. The number of primary sulfonamides is 1. The minimum absolute atomic E-state index is 0.0190. The van der Waals surface area contributed by atoms with Gasteiger partial charge in [-0.2, -0.15) is 0 Å². The lowest BCUT2D eigenvalue weighted by Gasteiger charge is -2.15. The number of ketones is 1. The molecule has 0 aliphatic rings. The number of anilines is 2. The Bertz CT molecular complexity index is 1020. The standard InChI is InChI=1S/C21H24N2O5S/c1-21(2,3)19(24)14-28-20(25)12-9-15-7-10-16(11-8-15)23-17-5-4-6-18(13-17)29(22,26)27/h4-13,23H,14H2,1-3H3,(H2,22,26,27)/b12-9+. The molecule has 7 nitrogen and oxygen atoms in total. The van der Waals surface area contributed by atoms with Gasteiger partial charge in [0.25, 0.3) is 0 Å². The number of ether oxygens (including phenoxy) is 1. The van der Waals surface area contributed by atoms with Crippen LogP contribution in [0.1, 0.15) is 26.3 Å². The number of hydrogen-bond donors (Lipinski definition) is 2. The summed E-state index contributed by atoms with van der Waals surface area (Å²) in [6.07, 6.45) is 2.84. The Morgan fingerprint density at radius 2 is 1.72 bits per heavy atom. The summed E-state index contributed by atoms with van der Waals surface area (Å²) in [5, 5.41) is 8.22. The molecule has 0 radical (unpaired) electrons. The van der Waals surface area contributed by atoms with Crippen LogP contribution in [-0.4, -0.2) is 26.8 Å². The van der Waals surface area contributed by atoms with Gasteiger partial charge in [0.1, 0.15) is 0 Å². The molecule has 154 valence electrons. The lowest BCUT2D eigenvalue weighted by molar-refractivity contribution is -0.145. The van der Waals surface area contributed by atoms with Crippen molar-refractivity contribution in [2.24, 2.45) is 10.6 Å². The first-order valence-electron chi connectivity index (χ1n) is 8.83. The summed E-state index contributed by atoms with van der Waals surface area (Å²) in [4.78, 5) is 23.5. The number of rotatable bonds is 7. The number of sulfonamides is 1. The quantitative estimate of drug-likeness (QED) is 0.529. The van der Waals surface area contributed by atoms with Crippen LogP contribution in [0.25, 0.3) is 6.08 Å². The molecule has 0 spiro atoms. The molecule has 0 heterocycles. The molecule has 0 unspecified atom stereocenters. The van der Waals surface area contributed by atoms with Crippen molar-refractivity contribution in [1.29, 1.82) is 0 Å². The summed E-state index contributed by atoms with van der Waals surface area (Å²) >= 11 is 0. The number of nitrogens with one attached hydrogen (secondary N) is 1.